The van der Waals surface area contributed by atoms with E-state index >= 15 is 0 Å². The van der Waals surface area contributed by atoms with E-state index < -0.39 is 5.60 Å². The zero-order valence-corrected chi connectivity index (χ0v) is 9.29. The summed E-state index contributed by atoms with van der Waals surface area (Å²) in [6.07, 6.45) is 2.70. The van der Waals surface area contributed by atoms with Gasteiger partial charge in [0.1, 0.15) is 0 Å². The summed E-state index contributed by atoms with van der Waals surface area (Å²) in [5.41, 5.74) is 1.06. The standard InChI is InChI=1S/C13H15NO2/c1-3-7-13(16)10-6-5-9(4-2)8-11(10)14-12(13)15/h3,5-6,8,16H,1,4,7H2,2H3,(H,14,15)/t13-/m0/s1. The van der Waals surface area contributed by atoms with E-state index in [0.29, 0.717) is 11.3 Å². The second kappa shape index (κ2) is 3.76. The Hall–Kier alpha value is -1.61. The van der Waals surface area contributed by atoms with Gasteiger partial charge in [0.05, 0.1) is 0 Å². The van der Waals surface area contributed by atoms with E-state index in [9.17, 15) is 9.90 Å². The summed E-state index contributed by atoms with van der Waals surface area (Å²) in [6, 6.07) is 5.66. The van der Waals surface area contributed by atoms with Crippen molar-refractivity contribution in [2.24, 2.45) is 0 Å². The zero-order valence-electron chi connectivity index (χ0n) is 9.29. The molecule has 0 unspecified atom stereocenters. The van der Waals surface area contributed by atoms with Crippen LogP contribution < -0.4 is 5.32 Å². The van der Waals surface area contributed by atoms with Crippen molar-refractivity contribution in [3.05, 3.63) is 42.0 Å². The maximum atomic E-state index is 11.7. The number of aliphatic hydroxyl groups is 1. The third-order valence-electron chi connectivity index (χ3n) is 3.00. The van der Waals surface area contributed by atoms with Crippen LogP contribution in [0.4, 0.5) is 5.69 Å². The van der Waals surface area contributed by atoms with Gasteiger partial charge in [-0.1, -0.05) is 25.1 Å². The van der Waals surface area contributed by atoms with Gasteiger partial charge in [-0.2, -0.15) is 0 Å². The monoisotopic (exact) mass is 217 g/mol. The van der Waals surface area contributed by atoms with Gasteiger partial charge in [-0.25, -0.2) is 0 Å². The highest BCUT2D eigenvalue weighted by atomic mass is 16.3. The average molecular weight is 217 g/mol. The number of hydrogen-bond acceptors (Lipinski definition) is 2. The predicted octanol–water partition coefficient (Wildman–Crippen LogP) is 1.96. The molecule has 0 saturated carbocycles. The van der Waals surface area contributed by atoms with E-state index in [2.05, 4.69) is 18.8 Å². The summed E-state index contributed by atoms with van der Waals surface area (Å²) in [5.74, 6) is -0.365. The number of hydrogen-bond donors (Lipinski definition) is 2. The lowest BCUT2D eigenvalue weighted by Crippen LogP contribution is -2.33. The summed E-state index contributed by atoms with van der Waals surface area (Å²) in [6.45, 7) is 5.62. The Morgan fingerprint density at radius 1 is 1.56 bits per heavy atom. The van der Waals surface area contributed by atoms with Crippen LogP contribution in [-0.2, 0) is 16.8 Å². The summed E-state index contributed by atoms with van der Waals surface area (Å²) in [4.78, 5) is 11.7. The minimum atomic E-state index is -1.44. The lowest BCUT2D eigenvalue weighted by Gasteiger charge is -2.18. The Morgan fingerprint density at radius 2 is 2.31 bits per heavy atom. The van der Waals surface area contributed by atoms with Crippen molar-refractivity contribution >= 4 is 11.6 Å². The molecule has 3 nitrogen and oxygen atoms in total. The number of benzene rings is 1. The van der Waals surface area contributed by atoms with E-state index in [1.807, 2.05) is 18.2 Å². The molecule has 0 bridgehead atoms. The zero-order chi connectivity index (χ0) is 11.8. The normalized spacial score (nSPS) is 22.8. The second-order valence-electron chi connectivity index (χ2n) is 4.04. The van der Waals surface area contributed by atoms with Crippen LogP contribution in [-0.4, -0.2) is 11.0 Å². The number of aryl methyl sites for hydroxylation is 1. The molecule has 1 aromatic carbocycles. The van der Waals surface area contributed by atoms with Crippen LogP contribution in [0.2, 0.25) is 0 Å². The molecule has 1 aromatic rings. The first-order valence-electron chi connectivity index (χ1n) is 5.40. The minimum Gasteiger partial charge on any atom is -0.375 e. The van der Waals surface area contributed by atoms with Gasteiger partial charge >= 0.3 is 0 Å². The Morgan fingerprint density at radius 3 is 2.94 bits per heavy atom. The number of anilines is 1. The predicted molar refractivity (Wildman–Crippen MR) is 63.2 cm³/mol. The third kappa shape index (κ3) is 1.44. The molecular formula is C13H15NO2. The molecule has 3 heteroatoms. The van der Waals surface area contributed by atoms with Crippen molar-refractivity contribution in [2.45, 2.75) is 25.4 Å². The fourth-order valence-electron chi connectivity index (χ4n) is 2.03. The van der Waals surface area contributed by atoms with Crippen LogP contribution in [0.25, 0.3) is 0 Å². The van der Waals surface area contributed by atoms with Crippen molar-refractivity contribution in [1.82, 2.24) is 0 Å². The first kappa shape index (κ1) is 10.9. The van der Waals surface area contributed by atoms with E-state index in [-0.39, 0.29) is 12.3 Å². The third-order valence-corrected chi connectivity index (χ3v) is 3.00. The molecule has 0 spiro atoms. The van der Waals surface area contributed by atoms with Crippen molar-refractivity contribution in [2.75, 3.05) is 5.32 Å². The smallest absolute Gasteiger partial charge is 0.261 e. The largest absolute Gasteiger partial charge is 0.375 e. The lowest BCUT2D eigenvalue weighted by molar-refractivity contribution is -0.133. The molecule has 0 saturated heterocycles. The van der Waals surface area contributed by atoms with Crippen LogP contribution in [0, 0.1) is 0 Å². The number of fused-ring (bicyclic) bond motifs is 1. The van der Waals surface area contributed by atoms with Crippen LogP contribution >= 0.6 is 0 Å². The molecule has 84 valence electrons. The highest BCUT2D eigenvalue weighted by molar-refractivity contribution is 6.05. The highest BCUT2D eigenvalue weighted by Gasteiger charge is 2.43. The number of nitrogens with one attached hydrogen (secondary N) is 1. The summed E-state index contributed by atoms with van der Waals surface area (Å²) >= 11 is 0. The maximum Gasteiger partial charge on any atom is 0.261 e. The van der Waals surface area contributed by atoms with Crippen LogP contribution in [0.3, 0.4) is 0 Å². The summed E-state index contributed by atoms with van der Waals surface area (Å²) < 4.78 is 0. The van der Waals surface area contributed by atoms with Crippen molar-refractivity contribution in [3.8, 4) is 0 Å². The van der Waals surface area contributed by atoms with Crippen LogP contribution in [0.5, 0.6) is 0 Å². The second-order valence-corrected chi connectivity index (χ2v) is 4.04. The minimum absolute atomic E-state index is 0.233. The first-order valence-corrected chi connectivity index (χ1v) is 5.40. The fraction of sp³-hybridized carbons (Fsp3) is 0.308. The van der Waals surface area contributed by atoms with Crippen LogP contribution in [0.1, 0.15) is 24.5 Å². The molecule has 1 aliphatic heterocycles. The van der Waals surface area contributed by atoms with Gasteiger partial charge in [-0.05, 0) is 18.1 Å². The van der Waals surface area contributed by atoms with Crippen molar-refractivity contribution in [1.29, 1.82) is 0 Å². The molecule has 0 radical (unpaired) electrons. The van der Waals surface area contributed by atoms with E-state index in [4.69, 9.17) is 0 Å². The Bertz CT molecular complexity index is 453. The highest BCUT2D eigenvalue weighted by Crippen LogP contribution is 2.38. The molecule has 2 rings (SSSR count). The average Bonchev–Trinajstić information content (AvgIpc) is 2.51. The van der Waals surface area contributed by atoms with Gasteiger partial charge in [0.15, 0.2) is 5.60 Å². The molecule has 0 fully saturated rings. The molecule has 0 aliphatic carbocycles. The molecule has 1 atom stereocenters. The molecule has 16 heavy (non-hydrogen) atoms. The van der Waals surface area contributed by atoms with Gasteiger partial charge in [-0.3, -0.25) is 4.79 Å². The summed E-state index contributed by atoms with van der Waals surface area (Å²) in [5, 5.41) is 13.0. The Balaban J connectivity index is 2.50. The van der Waals surface area contributed by atoms with E-state index in [0.717, 1.165) is 12.0 Å². The molecule has 1 aliphatic rings. The molecular weight excluding hydrogens is 202 g/mol. The quantitative estimate of drug-likeness (QED) is 0.760. The van der Waals surface area contributed by atoms with Crippen LogP contribution in [0.15, 0.2) is 30.9 Å². The number of carbonyl (C=O) groups excluding carboxylic acids is 1. The molecule has 2 N–H and O–H groups in total. The Labute approximate surface area is 94.8 Å². The first-order chi connectivity index (χ1) is 7.61. The van der Waals surface area contributed by atoms with Gasteiger partial charge in [0, 0.05) is 17.7 Å². The molecule has 0 aromatic heterocycles. The maximum absolute atomic E-state index is 11.7. The Kier molecular flexibility index (Phi) is 2.56. The van der Waals surface area contributed by atoms with E-state index in [1.54, 1.807) is 6.08 Å². The van der Waals surface area contributed by atoms with Gasteiger partial charge < -0.3 is 10.4 Å². The van der Waals surface area contributed by atoms with Gasteiger partial charge in [0.25, 0.3) is 5.91 Å². The fourth-order valence-corrected chi connectivity index (χ4v) is 2.03. The topological polar surface area (TPSA) is 49.3 Å². The van der Waals surface area contributed by atoms with Crippen molar-refractivity contribution < 1.29 is 9.90 Å². The number of carbonyl (C=O) groups is 1. The lowest BCUT2D eigenvalue weighted by atomic mass is 9.91. The van der Waals surface area contributed by atoms with Gasteiger partial charge in [-0.15, -0.1) is 6.58 Å². The van der Waals surface area contributed by atoms with Crippen molar-refractivity contribution in [3.63, 3.8) is 0 Å². The molecule has 1 heterocycles. The van der Waals surface area contributed by atoms with Gasteiger partial charge in [0.2, 0.25) is 0 Å². The van der Waals surface area contributed by atoms with E-state index in [1.165, 1.54) is 0 Å². The summed E-state index contributed by atoms with van der Waals surface area (Å²) in [7, 11) is 0. The number of rotatable bonds is 3. The SMILES string of the molecule is C=CC[C@@]1(O)C(=O)Nc2cc(CC)ccc21. The molecule has 1 amide bonds. The number of amides is 1.